The summed E-state index contributed by atoms with van der Waals surface area (Å²) < 4.78 is 87.9. The molecule has 0 bridgehead atoms. The molecule has 0 aliphatic heterocycles. The monoisotopic (exact) mass is 616 g/mol. The van der Waals surface area contributed by atoms with Crippen molar-refractivity contribution in [1.29, 1.82) is 0 Å². The quantitative estimate of drug-likeness (QED) is 0.193. The maximum absolute atomic E-state index is 13.9. The number of hydrogen-bond donors (Lipinski definition) is 1. The fourth-order valence-corrected chi connectivity index (χ4v) is 4.44. The zero-order valence-electron chi connectivity index (χ0n) is 24.5. The largest absolute Gasteiger partial charge is 0.433 e. The molecule has 230 valence electrons. The van der Waals surface area contributed by atoms with Crippen molar-refractivity contribution in [3.8, 4) is 0 Å². The molecule has 3 aromatic rings. The van der Waals surface area contributed by atoms with E-state index >= 15 is 0 Å². The number of aryl methyl sites for hydroxylation is 2. The lowest BCUT2D eigenvalue weighted by atomic mass is 9.92. The van der Waals surface area contributed by atoms with E-state index in [1.807, 2.05) is 0 Å². The van der Waals surface area contributed by atoms with E-state index in [0.29, 0.717) is 13.3 Å². The molecule has 0 aliphatic carbocycles. The summed E-state index contributed by atoms with van der Waals surface area (Å²) in [5.74, 6) is -0.145. The second-order valence-electron chi connectivity index (χ2n) is 10.1. The van der Waals surface area contributed by atoms with Gasteiger partial charge in [-0.1, -0.05) is 74.7 Å². The van der Waals surface area contributed by atoms with Crippen molar-refractivity contribution >= 4 is 28.2 Å². The average molecular weight is 617 g/mol. The summed E-state index contributed by atoms with van der Waals surface area (Å²) in [5.41, 5.74) is 2.90. The Labute approximate surface area is 247 Å². The number of alkyl halides is 6. The van der Waals surface area contributed by atoms with Crippen molar-refractivity contribution in [2.24, 2.45) is 4.99 Å². The van der Waals surface area contributed by atoms with Gasteiger partial charge in [0.05, 0.1) is 5.02 Å². The van der Waals surface area contributed by atoms with Gasteiger partial charge in [-0.3, -0.25) is 0 Å². The van der Waals surface area contributed by atoms with Crippen LogP contribution in [-0.2, 0) is 6.42 Å². The number of halogens is 8. The first-order chi connectivity index (χ1) is 19.5. The van der Waals surface area contributed by atoms with Gasteiger partial charge in [0.2, 0.25) is 0 Å². The SMILES string of the molecule is CC/C=C(C)/N=C(/C=C(\C)C(F)(F)F)C(F)(F)F.CCCCc1c(C(C)c2ccc(C)cc2)[nH]c2cc(F)c(Cl)cc12. The summed E-state index contributed by atoms with van der Waals surface area (Å²) in [6.45, 7) is 10.0. The Balaban J connectivity index is 0.000000309. The van der Waals surface area contributed by atoms with Gasteiger partial charge in [0.25, 0.3) is 0 Å². The Bertz CT molecular complexity index is 1430. The minimum Gasteiger partial charge on any atom is -0.358 e. The number of benzene rings is 2. The van der Waals surface area contributed by atoms with Crippen molar-refractivity contribution in [3.05, 3.63) is 93.0 Å². The van der Waals surface area contributed by atoms with E-state index in [0.717, 1.165) is 30.2 Å². The number of aromatic amines is 1. The normalized spacial score (nSPS) is 14.2. The van der Waals surface area contributed by atoms with Gasteiger partial charge in [-0.25, -0.2) is 9.38 Å². The third-order valence-electron chi connectivity index (χ3n) is 6.66. The van der Waals surface area contributed by atoms with E-state index in [1.54, 1.807) is 13.0 Å². The number of rotatable bonds is 8. The van der Waals surface area contributed by atoms with Gasteiger partial charge < -0.3 is 4.98 Å². The van der Waals surface area contributed by atoms with Crippen molar-refractivity contribution in [1.82, 2.24) is 4.98 Å². The molecule has 0 fully saturated rings. The molecule has 42 heavy (non-hydrogen) atoms. The highest BCUT2D eigenvalue weighted by Gasteiger charge is 2.38. The fraction of sp³-hybridized carbons (Fsp3) is 0.406. The molecule has 3 rings (SSSR count). The molecule has 1 heterocycles. The predicted octanol–water partition coefficient (Wildman–Crippen LogP) is 11.6. The Hall–Kier alpha value is -3.07. The molecule has 1 aromatic heterocycles. The number of unbranched alkanes of at least 4 members (excludes halogenated alkanes) is 1. The first-order valence-corrected chi connectivity index (χ1v) is 14.0. The molecule has 10 heteroatoms. The molecular formula is C32H36ClF7N2. The smallest absolute Gasteiger partial charge is 0.358 e. The molecule has 0 saturated heterocycles. The van der Waals surface area contributed by atoms with Crippen LogP contribution in [-0.4, -0.2) is 23.0 Å². The van der Waals surface area contributed by atoms with Gasteiger partial charge in [-0.15, -0.1) is 0 Å². The number of nitrogens with one attached hydrogen (secondary N) is 1. The van der Waals surface area contributed by atoms with Crippen LogP contribution in [0.15, 0.2) is 64.8 Å². The molecule has 2 nitrogen and oxygen atoms in total. The molecule has 1 atom stereocenters. The van der Waals surface area contributed by atoms with Gasteiger partial charge in [0.15, 0.2) is 0 Å². The lowest BCUT2D eigenvalue weighted by Gasteiger charge is -2.14. The predicted molar refractivity (Wildman–Crippen MR) is 158 cm³/mol. The molecule has 1 unspecified atom stereocenters. The summed E-state index contributed by atoms with van der Waals surface area (Å²) in [6.07, 6.45) is -4.67. The van der Waals surface area contributed by atoms with E-state index < -0.39 is 23.6 Å². The Kier molecular flexibility index (Phi) is 12.5. The van der Waals surface area contributed by atoms with E-state index in [4.69, 9.17) is 11.6 Å². The van der Waals surface area contributed by atoms with E-state index in [2.05, 4.69) is 55.0 Å². The van der Waals surface area contributed by atoms with E-state index in [1.165, 1.54) is 41.5 Å². The van der Waals surface area contributed by atoms with Crippen LogP contribution >= 0.6 is 11.6 Å². The molecule has 2 aromatic carbocycles. The van der Waals surface area contributed by atoms with Crippen LogP contribution in [0.5, 0.6) is 0 Å². The zero-order chi connectivity index (χ0) is 31.8. The highest BCUT2D eigenvalue weighted by molar-refractivity contribution is 6.31. The molecular weight excluding hydrogens is 581 g/mol. The lowest BCUT2D eigenvalue weighted by molar-refractivity contribution is -0.0915. The maximum Gasteiger partial charge on any atom is 0.433 e. The number of aromatic nitrogens is 1. The summed E-state index contributed by atoms with van der Waals surface area (Å²) in [7, 11) is 0. The van der Waals surface area contributed by atoms with Crippen LogP contribution < -0.4 is 0 Å². The fourth-order valence-electron chi connectivity index (χ4n) is 4.28. The van der Waals surface area contributed by atoms with Crippen LogP contribution in [0.25, 0.3) is 10.9 Å². The number of aliphatic imine (C=N–C) groups is 1. The zero-order valence-corrected chi connectivity index (χ0v) is 25.3. The standard InChI is InChI=1S/C21H23ClFN.C11H13F6N/c1-4-5-6-16-17-11-18(22)19(23)12-20(17)24-21(16)14(3)15-9-7-13(2)8-10-15;1-4-5-8(3)18-9(11(15,16)17)6-7(2)10(12,13)14/h7-12,14,24H,4-6H2,1-3H3;5-6H,4H2,1-3H3/b;7-6+,8-5+,18-9-. The van der Waals surface area contributed by atoms with Crippen LogP contribution in [0.1, 0.15) is 82.2 Å². The molecule has 1 N–H and O–H groups in total. The van der Waals surface area contributed by atoms with Crippen LogP contribution in [0.4, 0.5) is 30.7 Å². The molecule has 0 radical (unpaired) electrons. The minimum atomic E-state index is -4.92. The second-order valence-corrected chi connectivity index (χ2v) is 10.5. The molecule has 0 aliphatic rings. The van der Waals surface area contributed by atoms with Crippen LogP contribution in [0.3, 0.4) is 0 Å². The lowest BCUT2D eigenvalue weighted by Crippen LogP contribution is -2.23. The number of allylic oxidation sites excluding steroid dienone is 4. The topological polar surface area (TPSA) is 28.1 Å². The average Bonchev–Trinajstić information content (AvgIpc) is 3.23. The number of H-pyrrole nitrogens is 1. The van der Waals surface area contributed by atoms with Crippen LogP contribution in [0.2, 0.25) is 5.02 Å². The molecule has 0 amide bonds. The number of hydrogen-bond acceptors (Lipinski definition) is 1. The summed E-state index contributed by atoms with van der Waals surface area (Å²) in [6, 6.07) is 11.9. The van der Waals surface area contributed by atoms with Crippen molar-refractivity contribution in [2.45, 2.75) is 85.5 Å². The third kappa shape index (κ3) is 9.75. The van der Waals surface area contributed by atoms with E-state index in [9.17, 15) is 30.7 Å². The molecule has 0 spiro atoms. The van der Waals surface area contributed by atoms with Gasteiger partial charge in [0, 0.05) is 33.8 Å². The highest BCUT2D eigenvalue weighted by atomic mass is 35.5. The van der Waals surface area contributed by atoms with E-state index in [-0.39, 0.29) is 28.5 Å². The third-order valence-corrected chi connectivity index (χ3v) is 6.95. The van der Waals surface area contributed by atoms with Gasteiger partial charge in [-0.2, -0.15) is 26.3 Å². The molecule has 0 saturated carbocycles. The van der Waals surface area contributed by atoms with Gasteiger partial charge >= 0.3 is 12.4 Å². The Morgan fingerprint density at radius 2 is 1.62 bits per heavy atom. The first kappa shape index (κ1) is 35.1. The van der Waals surface area contributed by atoms with Crippen LogP contribution in [0, 0.1) is 12.7 Å². The highest BCUT2D eigenvalue weighted by Crippen LogP contribution is 2.35. The van der Waals surface area contributed by atoms with Crippen molar-refractivity contribution < 1.29 is 30.7 Å². The van der Waals surface area contributed by atoms with Gasteiger partial charge in [0.1, 0.15) is 11.5 Å². The minimum absolute atomic E-state index is 0.00694. The summed E-state index contributed by atoms with van der Waals surface area (Å²) >= 11 is 6.03. The van der Waals surface area contributed by atoms with Crippen molar-refractivity contribution in [3.63, 3.8) is 0 Å². The second kappa shape index (κ2) is 14.9. The van der Waals surface area contributed by atoms with Gasteiger partial charge in [-0.05, 0) is 69.4 Å². The number of nitrogens with zero attached hydrogens (tertiary/aromatic N) is 1. The first-order valence-electron chi connectivity index (χ1n) is 13.6. The van der Waals surface area contributed by atoms with Crippen molar-refractivity contribution in [2.75, 3.05) is 0 Å². The summed E-state index contributed by atoms with van der Waals surface area (Å²) in [5, 5.41) is 1.23. The Morgan fingerprint density at radius 1 is 1.00 bits per heavy atom. The number of fused-ring (bicyclic) bond motifs is 1. The Morgan fingerprint density at radius 3 is 2.14 bits per heavy atom. The summed E-state index contributed by atoms with van der Waals surface area (Å²) in [4.78, 5) is 6.62. The maximum atomic E-state index is 13.9.